The highest BCUT2D eigenvalue weighted by atomic mass is 35.5. The second-order valence-corrected chi connectivity index (χ2v) is 5.64. The lowest BCUT2D eigenvalue weighted by Crippen LogP contribution is -2.15. The molecule has 0 saturated heterocycles. The van der Waals surface area contributed by atoms with Crippen molar-refractivity contribution >= 4 is 35.0 Å². The van der Waals surface area contributed by atoms with Gasteiger partial charge in [0, 0.05) is 5.56 Å². The van der Waals surface area contributed by atoms with E-state index in [9.17, 15) is 9.59 Å². The normalized spacial score (nSPS) is 10.3. The van der Waals surface area contributed by atoms with Gasteiger partial charge in [0.1, 0.15) is 10.8 Å². The number of hydrogen-bond acceptors (Lipinski definition) is 4. The van der Waals surface area contributed by atoms with Crippen LogP contribution in [0.1, 0.15) is 43.5 Å². The largest absolute Gasteiger partial charge is 0.480 e. The Bertz CT molecular complexity index is 597. The molecule has 126 valence electrons. The van der Waals surface area contributed by atoms with Crippen molar-refractivity contribution in [3.05, 3.63) is 39.9 Å². The minimum absolute atomic E-state index is 0.0859. The van der Waals surface area contributed by atoms with Crippen molar-refractivity contribution in [1.29, 1.82) is 0 Å². The lowest BCUT2D eigenvalue weighted by Gasteiger charge is -2.12. The maximum atomic E-state index is 12.1. The molecule has 23 heavy (non-hydrogen) atoms. The summed E-state index contributed by atoms with van der Waals surface area (Å²) in [4.78, 5) is 23.6. The van der Waals surface area contributed by atoms with Gasteiger partial charge < -0.3 is 9.47 Å². The van der Waals surface area contributed by atoms with Crippen LogP contribution in [0.25, 0.3) is 0 Å². The van der Waals surface area contributed by atoms with E-state index < -0.39 is 5.97 Å². The fourth-order valence-electron chi connectivity index (χ4n) is 1.68. The average molecular weight is 359 g/mol. The Labute approximate surface area is 146 Å². The molecule has 6 heteroatoms. The monoisotopic (exact) mass is 358 g/mol. The summed E-state index contributed by atoms with van der Waals surface area (Å²) >= 11 is 12.2. The van der Waals surface area contributed by atoms with Gasteiger partial charge in [-0.1, -0.05) is 50.0 Å². The number of rotatable bonds is 9. The third kappa shape index (κ3) is 5.56. The van der Waals surface area contributed by atoms with Crippen molar-refractivity contribution in [2.75, 3.05) is 13.2 Å². The van der Waals surface area contributed by atoms with E-state index in [1.165, 1.54) is 12.1 Å². The van der Waals surface area contributed by atoms with Crippen molar-refractivity contribution in [2.24, 2.45) is 0 Å². The Hall–Kier alpha value is -1.52. The summed E-state index contributed by atoms with van der Waals surface area (Å²) < 4.78 is 10.3. The van der Waals surface area contributed by atoms with Crippen molar-refractivity contribution in [3.8, 4) is 5.75 Å². The number of unbranched alkanes of at least 4 members (excludes halogenated alkanes) is 1. The van der Waals surface area contributed by atoms with Crippen LogP contribution in [0.3, 0.4) is 0 Å². The third-order valence-corrected chi connectivity index (χ3v) is 4.01. The van der Waals surface area contributed by atoms with Crippen LogP contribution in [0, 0.1) is 0 Å². The van der Waals surface area contributed by atoms with Crippen LogP contribution in [0.4, 0.5) is 0 Å². The van der Waals surface area contributed by atoms with Gasteiger partial charge in [0.15, 0.2) is 12.4 Å². The van der Waals surface area contributed by atoms with E-state index in [0.29, 0.717) is 18.6 Å². The molecule has 1 aromatic carbocycles. The lowest BCUT2D eigenvalue weighted by molar-refractivity contribution is -0.146. The molecule has 0 aromatic heterocycles. The van der Waals surface area contributed by atoms with E-state index in [0.717, 1.165) is 12.8 Å². The predicted octanol–water partition coefficient (Wildman–Crippen LogP) is 4.86. The van der Waals surface area contributed by atoms with Crippen LogP contribution in [-0.2, 0) is 9.53 Å². The number of Topliss-reactive ketones (excluding diaryl/α,β-unsaturated/α-hetero) is 1. The van der Waals surface area contributed by atoms with E-state index in [4.69, 9.17) is 32.7 Å². The number of hydrogen-bond donors (Lipinski definition) is 0. The molecule has 0 aliphatic rings. The van der Waals surface area contributed by atoms with Crippen LogP contribution in [0.2, 0.25) is 10.0 Å². The smallest absolute Gasteiger partial charge is 0.344 e. The number of benzene rings is 1. The Morgan fingerprint density at radius 3 is 2.48 bits per heavy atom. The minimum Gasteiger partial charge on any atom is -0.480 e. The molecule has 0 unspecified atom stereocenters. The molecule has 0 atom stereocenters. The first-order chi connectivity index (χ1) is 10.9. The van der Waals surface area contributed by atoms with Crippen LogP contribution < -0.4 is 4.74 Å². The molecule has 0 saturated carbocycles. The summed E-state index contributed by atoms with van der Waals surface area (Å²) in [5.74, 6) is -0.516. The van der Waals surface area contributed by atoms with E-state index in [-0.39, 0.29) is 33.7 Å². The second kappa shape index (κ2) is 9.58. The SMILES string of the molecule is C=C(CC)C(=O)c1ccc(OCC(=O)OCCCC)c(Cl)c1Cl. The topological polar surface area (TPSA) is 52.6 Å². The molecule has 0 radical (unpaired) electrons. The van der Waals surface area contributed by atoms with Crippen LogP contribution >= 0.6 is 23.2 Å². The van der Waals surface area contributed by atoms with E-state index in [1.54, 1.807) is 0 Å². The zero-order chi connectivity index (χ0) is 17.4. The fourth-order valence-corrected chi connectivity index (χ4v) is 2.14. The molecule has 0 heterocycles. The van der Waals surface area contributed by atoms with Gasteiger partial charge in [-0.15, -0.1) is 0 Å². The summed E-state index contributed by atoms with van der Waals surface area (Å²) in [5, 5.41) is 0.172. The van der Waals surface area contributed by atoms with Crippen molar-refractivity contribution in [2.45, 2.75) is 33.1 Å². The molecule has 1 rings (SSSR count). The number of allylic oxidation sites excluding steroid dienone is 1. The quantitative estimate of drug-likeness (QED) is 0.273. The Kier molecular flexibility index (Phi) is 8.13. The maximum Gasteiger partial charge on any atom is 0.344 e. The molecule has 1 aromatic rings. The summed E-state index contributed by atoms with van der Waals surface area (Å²) in [5.41, 5.74) is 0.706. The molecule has 0 N–H and O–H groups in total. The number of halogens is 2. The molecule has 4 nitrogen and oxygen atoms in total. The third-order valence-electron chi connectivity index (χ3n) is 3.15. The minimum atomic E-state index is -0.481. The number of ether oxygens (including phenoxy) is 2. The zero-order valence-corrected chi connectivity index (χ0v) is 14.8. The van der Waals surface area contributed by atoms with Gasteiger partial charge in [-0.05, 0) is 30.5 Å². The van der Waals surface area contributed by atoms with Crippen LogP contribution in [0.5, 0.6) is 5.75 Å². The van der Waals surface area contributed by atoms with E-state index >= 15 is 0 Å². The first kappa shape index (κ1) is 19.5. The molecule has 0 fully saturated rings. The number of ketones is 1. The maximum absolute atomic E-state index is 12.1. The molecule has 0 spiro atoms. The second-order valence-electron chi connectivity index (χ2n) is 4.89. The molecule has 0 bridgehead atoms. The molecular formula is C17H20Cl2O4. The van der Waals surface area contributed by atoms with E-state index in [1.807, 2.05) is 13.8 Å². The highest BCUT2D eigenvalue weighted by molar-refractivity contribution is 6.45. The van der Waals surface area contributed by atoms with Crippen molar-refractivity contribution in [3.63, 3.8) is 0 Å². The van der Waals surface area contributed by atoms with Gasteiger partial charge in [-0.3, -0.25) is 4.79 Å². The van der Waals surface area contributed by atoms with Crippen molar-refractivity contribution < 1.29 is 19.1 Å². The lowest BCUT2D eigenvalue weighted by atomic mass is 10.0. The van der Waals surface area contributed by atoms with Gasteiger partial charge in [0.2, 0.25) is 0 Å². The summed E-state index contributed by atoms with van der Waals surface area (Å²) in [6.07, 6.45) is 2.26. The average Bonchev–Trinajstić information content (AvgIpc) is 2.55. The summed E-state index contributed by atoms with van der Waals surface area (Å²) in [6, 6.07) is 3.01. The molecule has 0 aliphatic heterocycles. The fraction of sp³-hybridized carbons (Fsp3) is 0.412. The number of carbonyl (C=O) groups excluding carboxylic acids is 2. The summed E-state index contributed by atoms with van der Waals surface area (Å²) in [6.45, 7) is 7.62. The van der Waals surface area contributed by atoms with Gasteiger partial charge in [-0.25, -0.2) is 4.79 Å². The predicted molar refractivity (Wildman–Crippen MR) is 91.6 cm³/mol. The highest BCUT2D eigenvalue weighted by Crippen LogP contribution is 2.35. The Morgan fingerprint density at radius 1 is 1.17 bits per heavy atom. The van der Waals surface area contributed by atoms with Crippen LogP contribution in [0.15, 0.2) is 24.3 Å². The number of carbonyl (C=O) groups is 2. The Morgan fingerprint density at radius 2 is 1.87 bits per heavy atom. The van der Waals surface area contributed by atoms with Gasteiger partial charge >= 0.3 is 5.97 Å². The van der Waals surface area contributed by atoms with Crippen LogP contribution in [-0.4, -0.2) is 25.0 Å². The Balaban J connectivity index is 2.76. The van der Waals surface area contributed by atoms with Gasteiger partial charge in [0.05, 0.1) is 11.6 Å². The first-order valence-corrected chi connectivity index (χ1v) is 8.16. The number of esters is 1. The first-order valence-electron chi connectivity index (χ1n) is 7.41. The van der Waals surface area contributed by atoms with E-state index in [2.05, 4.69) is 6.58 Å². The van der Waals surface area contributed by atoms with Gasteiger partial charge in [0.25, 0.3) is 0 Å². The highest BCUT2D eigenvalue weighted by Gasteiger charge is 2.18. The molecule has 0 aliphatic carbocycles. The van der Waals surface area contributed by atoms with Gasteiger partial charge in [-0.2, -0.15) is 0 Å². The standard InChI is InChI=1S/C17H20Cl2O4/c1-4-6-9-22-14(20)10-23-13-8-7-12(15(18)16(13)19)17(21)11(3)5-2/h7-8H,3-6,9-10H2,1-2H3. The summed E-state index contributed by atoms with van der Waals surface area (Å²) in [7, 11) is 0. The zero-order valence-electron chi connectivity index (χ0n) is 13.3. The molecular weight excluding hydrogens is 339 g/mol. The molecule has 0 amide bonds. The van der Waals surface area contributed by atoms with Crippen molar-refractivity contribution in [1.82, 2.24) is 0 Å².